The van der Waals surface area contributed by atoms with Crippen LogP contribution in [0.2, 0.25) is 0 Å². The first kappa shape index (κ1) is 11.4. The van der Waals surface area contributed by atoms with E-state index in [9.17, 15) is 4.57 Å². The molecule has 0 aliphatic heterocycles. The van der Waals surface area contributed by atoms with Gasteiger partial charge in [-0.05, 0) is 0 Å². The van der Waals surface area contributed by atoms with Gasteiger partial charge in [-0.25, -0.2) is 14.3 Å². The van der Waals surface area contributed by atoms with Gasteiger partial charge in [0.1, 0.15) is 11.7 Å². The lowest BCUT2D eigenvalue weighted by atomic mass is 11.8. The van der Waals surface area contributed by atoms with Crippen LogP contribution in [0.15, 0.2) is 0 Å². The van der Waals surface area contributed by atoms with Crippen LogP contribution < -0.4 is 0 Å². The van der Waals surface area contributed by atoms with Crippen molar-refractivity contribution in [2.24, 2.45) is 0 Å². The highest BCUT2D eigenvalue weighted by Crippen LogP contribution is 2.60. The van der Waals surface area contributed by atoms with Gasteiger partial charge in [-0.3, -0.25) is 0 Å². The lowest BCUT2D eigenvalue weighted by Crippen LogP contribution is -1.91. The van der Waals surface area contributed by atoms with Crippen molar-refractivity contribution in [3.05, 3.63) is 0 Å². The molecule has 6 nitrogen and oxygen atoms in total. The summed E-state index contributed by atoms with van der Waals surface area (Å²) < 4.78 is 24.1. The van der Waals surface area contributed by atoms with Gasteiger partial charge in [0.15, 0.2) is 0 Å². The van der Waals surface area contributed by atoms with E-state index in [0.717, 1.165) is 0 Å². The van der Waals surface area contributed by atoms with Crippen LogP contribution in [0.5, 0.6) is 0 Å². The molecule has 11 heavy (non-hydrogen) atoms. The molecular weight excluding hydrogens is 195 g/mol. The van der Waals surface area contributed by atoms with Crippen molar-refractivity contribution in [1.82, 2.24) is 0 Å². The summed E-state index contributed by atoms with van der Waals surface area (Å²) in [4.78, 5) is 8.29. The maximum atomic E-state index is 11.2. The molecular formula is C3H9O6PS. The SMILES string of the molecule is COOP(=O)(OOC)SOC. The van der Waals surface area contributed by atoms with Crippen LogP contribution >= 0.6 is 18.5 Å². The van der Waals surface area contributed by atoms with E-state index in [1.807, 2.05) is 0 Å². The van der Waals surface area contributed by atoms with E-state index in [2.05, 4.69) is 23.3 Å². The minimum atomic E-state index is -3.47. The Kier molecular flexibility index (Phi) is 6.16. The quantitative estimate of drug-likeness (QED) is 0.281. The Morgan fingerprint density at radius 3 is 1.82 bits per heavy atom. The lowest BCUT2D eigenvalue weighted by molar-refractivity contribution is -0.236. The second-order valence-electron chi connectivity index (χ2n) is 1.17. The molecule has 8 heteroatoms. The Morgan fingerprint density at radius 2 is 1.55 bits per heavy atom. The Hall–Kier alpha value is 0.380. The summed E-state index contributed by atoms with van der Waals surface area (Å²) in [5.41, 5.74) is 0. The molecule has 0 unspecified atom stereocenters. The van der Waals surface area contributed by atoms with E-state index >= 15 is 0 Å². The summed E-state index contributed by atoms with van der Waals surface area (Å²) in [6.07, 6.45) is 0. The summed E-state index contributed by atoms with van der Waals surface area (Å²) in [6, 6.07) is 0. The molecule has 0 spiro atoms. The standard InChI is InChI=1S/C3H9O6PS/c1-5-8-10(4,9-6-2)11-7-3/h1-3H3. The third-order valence-electron chi connectivity index (χ3n) is 0.497. The second kappa shape index (κ2) is 5.96. The molecule has 0 aromatic rings. The van der Waals surface area contributed by atoms with Gasteiger partial charge in [0, 0.05) is 0 Å². The summed E-state index contributed by atoms with van der Waals surface area (Å²) in [6.45, 7) is -3.47. The van der Waals surface area contributed by atoms with Crippen LogP contribution in [-0.2, 0) is 27.9 Å². The van der Waals surface area contributed by atoms with Crippen LogP contribution in [0.1, 0.15) is 0 Å². The van der Waals surface area contributed by atoms with E-state index in [1.165, 1.54) is 21.3 Å². The van der Waals surface area contributed by atoms with Crippen LogP contribution in [-0.4, -0.2) is 21.3 Å². The van der Waals surface area contributed by atoms with Gasteiger partial charge >= 0.3 is 6.80 Å². The Labute approximate surface area is 68.4 Å². The highest BCUT2D eigenvalue weighted by Gasteiger charge is 2.29. The molecule has 0 atom stereocenters. The van der Waals surface area contributed by atoms with Gasteiger partial charge in [0.05, 0.1) is 21.3 Å². The average molecular weight is 204 g/mol. The van der Waals surface area contributed by atoms with Gasteiger partial charge in [0.25, 0.3) is 0 Å². The molecule has 0 fully saturated rings. The molecule has 0 N–H and O–H groups in total. The molecule has 68 valence electrons. The normalized spacial score (nSPS) is 11.9. The Balaban J connectivity index is 3.91. The van der Waals surface area contributed by atoms with E-state index in [1.54, 1.807) is 0 Å². The monoisotopic (exact) mass is 204 g/mol. The van der Waals surface area contributed by atoms with Crippen molar-refractivity contribution in [3.8, 4) is 0 Å². The van der Waals surface area contributed by atoms with Gasteiger partial charge < -0.3 is 4.18 Å². The molecule has 0 bridgehead atoms. The first-order valence-corrected chi connectivity index (χ1v) is 5.34. The number of hydrogen-bond donors (Lipinski definition) is 0. The summed E-state index contributed by atoms with van der Waals surface area (Å²) >= 11 is 0.489. The van der Waals surface area contributed by atoms with Crippen molar-refractivity contribution in [2.75, 3.05) is 21.3 Å². The summed E-state index contributed by atoms with van der Waals surface area (Å²) in [5, 5.41) is 0. The molecule has 0 aliphatic rings. The van der Waals surface area contributed by atoms with Crippen molar-refractivity contribution < 1.29 is 27.9 Å². The zero-order valence-corrected chi connectivity index (χ0v) is 8.02. The maximum absolute atomic E-state index is 11.2. The van der Waals surface area contributed by atoms with E-state index < -0.39 is 6.80 Å². The first-order valence-electron chi connectivity index (χ1n) is 2.46. The second-order valence-corrected chi connectivity index (χ2v) is 4.63. The summed E-state index contributed by atoms with van der Waals surface area (Å²) in [5.74, 6) is 0. The maximum Gasteiger partial charge on any atom is 0.469 e. The number of hydrogen-bond acceptors (Lipinski definition) is 7. The fraction of sp³-hybridized carbons (Fsp3) is 1.00. The van der Waals surface area contributed by atoms with Gasteiger partial charge in [-0.2, -0.15) is 0 Å². The van der Waals surface area contributed by atoms with Crippen molar-refractivity contribution >= 4 is 18.5 Å². The van der Waals surface area contributed by atoms with Gasteiger partial charge in [-0.1, -0.05) is 0 Å². The lowest BCUT2D eigenvalue weighted by Gasteiger charge is -2.09. The topological polar surface area (TPSA) is 63.2 Å². The fourth-order valence-electron chi connectivity index (χ4n) is 0.311. The minimum absolute atomic E-state index is 0.489. The average Bonchev–Trinajstić information content (AvgIpc) is 1.88. The fourth-order valence-corrected chi connectivity index (χ4v) is 2.00. The van der Waals surface area contributed by atoms with E-state index in [-0.39, 0.29) is 0 Å². The highest BCUT2D eigenvalue weighted by atomic mass is 32.7. The molecule has 0 rings (SSSR count). The third kappa shape index (κ3) is 4.76. The zero-order valence-electron chi connectivity index (χ0n) is 6.30. The molecule has 0 radical (unpaired) electrons. The van der Waals surface area contributed by atoms with Crippen LogP contribution in [0.4, 0.5) is 0 Å². The molecule has 0 saturated carbocycles. The predicted octanol–water partition coefficient (Wildman–Crippen LogP) is 1.55. The van der Waals surface area contributed by atoms with E-state index in [4.69, 9.17) is 0 Å². The predicted molar refractivity (Wildman–Crippen MR) is 38.4 cm³/mol. The van der Waals surface area contributed by atoms with Crippen molar-refractivity contribution in [3.63, 3.8) is 0 Å². The molecule has 0 aromatic carbocycles. The van der Waals surface area contributed by atoms with Crippen molar-refractivity contribution in [1.29, 1.82) is 0 Å². The largest absolute Gasteiger partial charge is 0.469 e. The van der Waals surface area contributed by atoms with Crippen LogP contribution in [0.25, 0.3) is 0 Å². The summed E-state index contributed by atoms with van der Waals surface area (Å²) in [7, 11) is 3.71. The van der Waals surface area contributed by atoms with Crippen LogP contribution in [0.3, 0.4) is 0 Å². The molecule has 0 aromatic heterocycles. The van der Waals surface area contributed by atoms with Gasteiger partial charge in [-0.15, -0.1) is 9.35 Å². The third-order valence-corrected chi connectivity index (χ3v) is 2.85. The van der Waals surface area contributed by atoms with E-state index in [0.29, 0.717) is 11.7 Å². The highest BCUT2D eigenvalue weighted by molar-refractivity contribution is 8.52. The molecule has 0 amide bonds. The Morgan fingerprint density at radius 1 is 1.09 bits per heavy atom. The molecule has 0 heterocycles. The smallest absolute Gasteiger partial charge is 0.308 e. The van der Waals surface area contributed by atoms with Gasteiger partial charge in [0.2, 0.25) is 0 Å². The Bertz CT molecular complexity index is 116. The molecule has 0 saturated heterocycles. The zero-order chi connectivity index (χ0) is 8.74. The first-order chi connectivity index (χ1) is 5.18. The molecule has 0 aliphatic carbocycles. The minimum Gasteiger partial charge on any atom is -0.308 e. The number of rotatable bonds is 6. The van der Waals surface area contributed by atoms with Crippen molar-refractivity contribution in [2.45, 2.75) is 0 Å². The van der Waals surface area contributed by atoms with Crippen LogP contribution in [0, 0.1) is 0 Å².